The number of amides is 2. The van der Waals surface area contributed by atoms with E-state index in [-0.39, 0.29) is 19.1 Å². The summed E-state index contributed by atoms with van der Waals surface area (Å²) in [5.74, 6) is -0.323. The van der Waals surface area contributed by atoms with Crippen molar-refractivity contribution < 1.29 is 14.4 Å². The summed E-state index contributed by atoms with van der Waals surface area (Å²) in [4.78, 5) is 35.2. The Hall–Kier alpha value is -2.44. The summed E-state index contributed by atoms with van der Waals surface area (Å²) in [5, 5.41) is 7.10. The third-order valence-electron chi connectivity index (χ3n) is 1.87. The van der Waals surface area contributed by atoms with Crippen molar-refractivity contribution in [1.29, 1.82) is 0 Å². The van der Waals surface area contributed by atoms with Gasteiger partial charge < -0.3 is 15.5 Å². The number of carbonyl (C=O) groups excluding carboxylic acids is 2. The summed E-state index contributed by atoms with van der Waals surface area (Å²) < 4.78 is 0. The van der Waals surface area contributed by atoms with Gasteiger partial charge in [-0.25, -0.2) is 0 Å². The van der Waals surface area contributed by atoms with Crippen molar-refractivity contribution in [2.45, 2.75) is 6.61 Å². The first-order valence-corrected chi connectivity index (χ1v) is 4.76. The van der Waals surface area contributed by atoms with Crippen LogP contribution in [0.15, 0.2) is 29.6 Å². The van der Waals surface area contributed by atoms with E-state index in [1.54, 1.807) is 24.3 Å². The number of rotatable bonds is 7. The number of nitrogens with one attached hydrogen (secondary N) is 2. The van der Waals surface area contributed by atoms with Crippen LogP contribution in [0.1, 0.15) is 5.56 Å². The van der Waals surface area contributed by atoms with Gasteiger partial charge in [0.25, 0.3) is 0 Å². The molecule has 0 aliphatic rings. The van der Waals surface area contributed by atoms with Crippen LogP contribution in [0.5, 0.6) is 0 Å². The van der Waals surface area contributed by atoms with E-state index in [0.717, 1.165) is 5.56 Å². The predicted molar refractivity (Wildman–Crippen MR) is 59.7 cm³/mol. The maximum Gasteiger partial charge on any atom is 0.243 e. The molecule has 7 nitrogen and oxygen atoms in total. The van der Waals surface area contributed by atoms with Crippen molar-refractivity contribution in [3.8, 4) is 0 Å². The minimum Gasteiger partial charge on any atom is -0.359 e. The van der Waals surface area contributed by atoms with Crippen molar-refractivity contribution in [3.63, 3.8) is 0 Å². The molecular formula is C10H11N3O4. The highest BCUT2D eigenvalue weighted by Crippen LogP contribution is 2.10. The Bertz CT molecular complexity index is 391. The normalized spacial score (nSPS) is 9.18. The van der Waals surface area contributed by atoms with Crippen LogP contribution in [0.3, 0.4) is 0 Å². The average Bonchev–Trinajstić information content (AvgIpc) is 2.35. The van der Waals surface area contributed by atoms with E-state index in [0.29, 0.717) is 12.1 Å². The van der Waals surface area contributed by atoms with Gasteiger partial charge in [0, 0.05) is 5.69 Å². The van der Waals surface area contributed by atoms with Crippen LogP contribution in [-0.4, -0.2) is 18.9 Å². The fourth-order valence-electron chi connectivity index (χ4n) is 1.12. The molecule has 0 heterocycles. The SMILES string of the molecule is O=CNCC(=O)Nc1ccc(CON=O)cc1. The first-order chi connectivity index (χ1) is 8.26. The molecular weight excluding hydrogens is 226 g/mol. The first-order valence-electron chi connectivity index (χ1n) is 4.76. The van der Waals surface area contributed by atoms with Crippen molar-refractivity contribution >= 4 is 18.0 Å². The van der Waals surface area contributed by atoms with Crippen LogP contribution < -0.4 is 10.6 Å². The second-order valence-electron chi connectivity index (χ2n) is 3.09. The second kappa shape index (κ2) is 6.94. The Morgan fingerprint density at radius 2 is 2.06 bits per heavy atom. The molecule has 90 valence electrons. The van der Waals surface area contributed by atoms with Crippen LogP contribution in [0, 0.1) is 4.91 Å². The molecule has 17 heavy (non-hydrogen) atoms. The van der Waals surface area contributed by atoms with E-state index in [9.17, 15) is 14.5 Å². The molecule has 7 heteroatoms. The standard InChI is InChI=1S/C10H11N3O4/c14-7-11-5-10(15)12-9-3-1-8(2-4-9)6-17-13-16/h1-4,7H,5-6H2,(H,11,14)(H,12,15). The van der Waals surface area contributed by atoms with Gasteiger partial charge in [-0.05, 0) is 17.7 Å². The minimum atomic E-state index is -0.323. The van der Waals surface area contributed by atoms with Crippen molar-refractivity contribution in [1.82, 2.24) is 5.32 Å². The van der Waals surface area contributed by atoms with Gasteiger partial charge >= 0.3 is 0 Å². The summed E-state index contributed by atoms with van der Waals surface area (Å²) in [6.07, 6.45) is 0.451. The molecule has 1 aromatic rings. The molecule has 0 radical (unpaired) electrons. The molecule has 0 unspecified atom stereocenters. The van der Waals surface area contributed by atoms with Gasteiger partial charge in [0.2, 0.25) is 12.3 Å². The fourth-order valence-corrected chi connectivity index (χ4v) is 1.12. The van der Waals surface area contributed by atoms with Crippen LogP contribution >= 0.6 is 0 Å². The first kappa shape index (κ1) is 12.6. The molecule has 2 amide bonds. The zero-order valence-electron chi connectivity index (χ0n) is 8.88. The number of anilines is 1. The molecule has 0 aliphatic carbocycles. The monoisotopic (exact) mass is 237 g/mol. The van der Waals surface area contributed by atoms with E-state index in [1.165, 1.54) is 0 Å². The van der Waals surface area contributed by atoms with Crippen LogP contribution in [0.4, 0.5) is 5.69 Å². The van der Waals surface area contributed by atoms with Crippen molar-refractivity contribution in [2.75, 3.05) is 11.9 Å². The Kier molecular flexibility index (Phi) is 5.15. The smallest absolute Gasteiger partial charge is 0.243 e. The predicted octanol–water partition coefficient (Wildman–Crippen LogP) is 0.569. The van der Waals surface area contributed by atoms with E-state index >= 15 is 0 Å². The third kappa shape index (κ3) is 4.74. The minimum absolute atomic E-state index is 0.0799. The number of benzene rings is 1. The molecule has 0 atom stereocenters. The summed E-state index contributed by atoms with van der Waals surface area (Å²) in [5.41, 5.74) is 1.35. The molecule has 0 aliphatic heterocycles. The quantitative estimate of drug-likeness (QED) is 0.411. The van der Waals surface area contributed by atoms with E-state index < -0.39 is 0 Å². The molecule has 1 rings (SSSR count). The molecule has 0 saturated carbocycles. The molecule has 0 saturated heterocycles. The number of hydrogen-bond donors (Lipinski definition) is 2. The van der Waals surface area contributed by atoms with Crippen LogP contribution in [0.25, 0.3) is 0 Å². The number of nitrogens with zero attached hydrogens (tertiary/aromatic N) is 1. The van der Waals surface area contributed by atoms with Crippen molar-refractivity contribution in [3.05, 3.63) is 34.7 Å². The maximum absolute atomic E-state index is 11.2. The lowest BCUT2D eigenvalue weighted by molar-refractivity contribution is -0.118. The summed E-state index contributed by atoms with van der Waals surface area (Å²) in [7, 11) is 0. The number of carbonyl (C=O) groups is 2. The lowest BCUT2D eigenvalue weighted by atomic mass is 10.2. The lowest BCUT2D eigenvalue weighted by Gasteiger charge is -2.05. The van der Waals surface area contributed by atoms with E-state index in [4.69, 9.17) is 0 Å². The maximum atomic E-state index is 11.2. The zero-order valence-corrected chi connectivity index (χ0v) is 8.88. The van der Waals surface area contributed by atoms with Crippen LogP contribution in [0.2, 0.25) is 0 Å². The average molecular weight is 237 g/mol. The third-order valence-corrected chi connectivity index (χ3v) is 1.87. The van der Waals surface area contributed by atoms with Gasteiger partial charge in [-0.1, -0.05) is 12.1 Å². The summed E-state index contributed by atoms with van der Waals surface area (Å²) in [6, 6.07) is 6.69. The Morgan fingerprint density at radius 1 is 1.35 bits per heavy atom. The largest absolute Gasteiger partial charge is 0.359 e. The lowest BCUT2D eigenvalue weighted by Crippen LogP contribution is -2.26. The summed E-state index contributed by atoms with van der Waals surface area (Å²) in [6.45, 7) is 0.00779. The molecule has 0 fully saturated rings. The number of hydrogen-bond acceptors (Lipinski definition) is 5. The molecule has 0 spiro atoms. The van der Waals surface area contributed by atoms with Crippen LogP contribution in [-0.2, 0) is 21.0 Å². The molecule has 0 bridgehead atoms. The Morgan fingerprint density at radius 3 is 2.65 bits per heavy atom. The van der Waals surface area contributed by atoms with E-state index in [1.807, 2.05) is 0 Å². The fraction of sp³-hybridized carbons (Fsp3) is 0.200. The van der Waals surface area contributed by atoms with E-state index in [2.05, 4.69) is 20.8 Å². The summed E-state index contributed by atoms with van der Waals surface area (Å²) >= 11 is 0. The van der Waals surface area contributed by atoms with Gasteiger partial charge in [0.15, 0.2) is 5.34 Å². The topological polar surface area (TPSA) is 96.9 Å². The second-order valence-corrected chi connectivity index (χ2v) is 3.09. The highest BCUT2D eigenvalue weighted by atomic mass is 16.7. The van der Waals surface area contributed by atoms with Gasteiger partial charge in [-0.15, -0.1) is 4.91 Å². The van der Waals surface area contributed by atoms with Gasteiger partial charge in [0.05, 0.1) is 6.54 Å². The molecule has 2 N–H and O–H groups in total. The van der Waals surface area contributed by atoms with Gasteiger partial charge in [-0.2, -0.15) is 0 Å². The highest BCUT2D eigenvalue weighted by Gasteiger charge is 2.01. The zero-order chi connectivity index (χ0) is 12.5. The van der Waals surface area contributed by atoms with Gasteiger partial charge in [0.1, 0.15) is 6.61 Å². The highest BCUT2D eigenvalue weighted by molar-refractivity contribution is 5.93. The molecule has 0 aromatic heterocycles. The molecule has 1 aromatic carbocycles. The van der Waals surface area contributed by atoms with Crippen molar-refractivity contribution in [2.24, 2.45) is 5.34 Å². The Labute approximate surface area is 97.1 Å². The Balaban J connectivity index is 2.47. The van der Waals surface area contributed by atoms with Gasteiger partial charge in [-0.3, -0.25) is 9.59 Å².